The van der Waals surface area contributed by atoms with E-state index in [2.05, 4.69) is 23.1 Å². The van der Waals surface area contributed by atoms with Crippen LogP contribution in [0.15, 0.2) is 17.5 Å². The third kappa shape index (κ3) is 4.86. The zero-order chi connectivity index (χ0) is 12.0. The van der Waals surface area contributed by atoms with Crippen LogP contribution in [0.25, 0.3) is 0 Å². The summed E-state index contributed by atoms with van der Waals surface area (Å²) < 4.78 is 24.9. The van der Waals surface area contributed by atoms with E-state index in [-0.39, 0.29) is 5.75 Å². The zero-order valence-corrected chi connectivity index (χ0v) is 11.9. The van der Waals surface area contributed by atoms with Crippen LogP contribution in [0.3, 0.4) is 0 Å². The third-order valence-electron chi connectivity index (χ3n) is 2.12. The van der Waals surface area contributed by atoms with Crippen LogP contribution in [0.2, 0.25) is 0 Å². The molecule has 1 atom stereocenters. The molecule has 0 amide bonds. The first-order valence-electron chi connectivity index (χ1n) is 5.17. The van der Waals surface area contributed by atoms with E-state index in [4.69, 9.17) is 0 Å². The molecule has 0 aliphatic heterocycles. The van der Waals surface area contributed by atoms with Crippen LogP contribution < -0.4 is 4.72 Å². The van der Waals surface area contributed by atoms with Gasteiger partial charge >= 0.3 is 0 Å². The van der Waals surface area contributed by atoms with E-state index in [9.17, 15) is 8.42 Å². The monoisotopic (exact) mass is 279 g/mol. The molecule has 0 saturated carbocycles. The molecule has 0 aromatic carbocycles. The molecule has 1 rings (SSSR count). The molecule has 0 aliphatic carbocycles. The molecule has 1 aromatic rings. The first kappa shape index (κ1) is 14.0. The molecule has 1 aromatic heterocycles. The molecule has 1 heterocycles. The minimum atomic E-state index is -3.03. The molecule has 1 N–H and O–H groups in total. The highest BCUT2D eigenvalue weighted by molar-refractivity contribution is 7.99. The van der Waals surface area contributed by atoms with E-state index < -0.39 is 10.0 Å². The topological polar surface area (TPSA) is 46.2 Å². The van der Waals surface area contributed by atoms with Gasteiger partial charge in [-0.15, -0.1) is 11.3 Å². The van der Waals surface area contributed by atoms with Gasteiger partial charge in [-0.05, 0) is 25.3 Å². The SMILES string of the molecule is CCS(=O)(=O)NCCS[C@H](C)c1cccs1. The minimum Gasteiger partial charge on any atom is -0.214 e. The van der Waals surface area contributed by atoms with Crippen LogP contribution in [0.4, 0.5) is 0 Å². The van der Waals surface area contributed by atoms with Crippen molar-refractivity contribution in [2.75, 3.05) is 18.1 Å². The number of sulfonamides is 1. The highest BCUT2D eigenvalue weighted by Crippen LogP contribution is 2.30. The summed E-state index contributed by atoms with van der Waals surface area (Å²) in [6.07, 6.45) is 0. The highest BCUT2D eigenvalue weighted by atomic mass is 32.2. The van der Waals surface area contributed by atoms with Crippen LogP contribution in [-0.4, -0.2) is 26.5 Å². The van der Waals surface area contributed by atoms with Gasteiger partial charge in [0, 0.05) is 22.4 Å². The Hall–Kier alpha value is -0.0400. The highest BCUT2D eigenvalue weighted by Gasteiger charge is 2.08. The molecule has 0 aliphatic rings. The Balaban J connectivity index is 2.22. The van der Waals surface area contributed by atoms with Crippen LogP contribution in [0, 0.1) is 0 Å². The molecule has 16 heavy (non-hydrogen) atoms. The summed E-state index contributed by atoms with van der Waals surface area (Å²) in [5.41, 5.74) is 0. The van der Waals surface area contributed by atoms with E-state index >= 15 is 0 Å². The van der Waals surface area contributed by atoms with Gasteiger partial charge < -0.3 is 0 Å². The number of rotatable bonds is 7. The Labute approximate surface area is 106 Å². The second-order valence-corrected chi connectivity index (χ2v) is 7.85. The maximum atomic E-state index is 11.2. The van der Waals surface area contributed by atoms with Gasteiger partial charge in [-0.25, -0.2) is 13.1 Å². The smallest absolute Gasteiger partial charge is 0.211 e. The van der Waals surface area contributed by atoms with E-state index in [1.807, 2.05) is 6.07 Å². The van der Waals surface area contributed by atoms with Crippen LogP contribution in [0.5, 0.6) is 0 Å². The van der Waals surface area contributed by atoms with Gasteiger partial charge in [-0.3, -0.25) is 0 Å². The molecule has 0 unspecified atom stereocenters. The number of thiophene rings is 1. The second-order valence-electron chi connectivity index (χ2n) is 3.33. The van der Waals surface area contributed by atoms with Crippen LogP contribution in [0.1, 0.15) is 24.0 Å². The largest absolute Gasteiger partial charge is 0.214 e. The first-order valence-corrected chi connectivity index (χ1v) is 8.75. The third-order valence-corrected chi connectivity index (χ3v) is 5.92. The van der Waals surface area contributed by atoms with E-state index in [0.717, 1.165) is 5.75 Å². The summed E-state index contributed by atoms with van der Waals surface area (Å²) in [6, 6.07) is 4.15. The molecule has 0 saturated heterocycles. The lowest BCUT2D eigenvalue weighted by Gasteiger charge is -2.09. The lowest BCUT2D eigenvalue weighted by atomic mass is 10.4. The van der Waals surface area contributed by atoms with Gasteiger partial charge in [0.25, 0.3) is 0 Å². The van der Waals surface area contributed by atoms with Crippen molar-refractivity contribution >= 4 is 33.1 Å². The van der Waals surface area contributed by atoms with Crippen molar-refractivity contribution in [3.63, 3.8) is 0 Å². The van der Waals surface area contributed by atoms with Gasteiger partial charge in [0.1, 0.15) is 0 Å². The predicted molar refractivity (Wildman–Crippen MR) is 72.7 cm³/mol. The lowest BCUT2D eigenvalue weighted by Crippen LogP contribution is -2.27. The average molecular weight is 279 g/mol. The molecule has 0 bridgehead atoms. The lowest BCUT2D eigenvalue weighted by molar-refractivity contribution is 0.585. The van der Waals surface area contributed by atoms with Crippen LogP contribution >= 0.6 is 23.1 Å². The Morgan fingerprint density at radius 1 is 1.56 bits per heavy atom. The standard InChI is InChI=1S/C10H17NO2S3/c1-3-16(12,13)11-6-8-14-9(2)10-5-4-7-15-10/h4-5,7,9,11H,3,6,8H2,1-2H3/t9-/m1/s1. The maximum Gasteiger partial charge on any atom is 0.211 e. The Bertz CT molecular complexity index is 386. The fraction of sp³-hybridized carbons (Fsp3) is 0.600. The summed E-state index contributed by atoms with van der Waals surface area (Å²) in [4.78, 5) is 1.34. The average Bonchev–Trinajstić information content (AvgIpc) is 2.77. The molecule has 6 heteroatoms. The van der Waals surface area contributed by atoms with Crippen molar-refractivity contribution in [3.05, 3.63) is 22.4 Å². The fourth-order valence-corrected chi connectivity index (χ4v) is 3.74. The summed E-state index contributed by atoms with van der Waals surface area (Å²) in [6.45, 7) is 4.30. The van der Waals surface area contributed by atoms with E-state index in [0.29, 0.717) is 11.8 Å². The second kappa shape index (κ2) is 6.64. The van der Waals surface area contributed by atoms with Crippen LogP contribution in [-0.2, 0) is 10.0 Å². The normalized spacial score (nSPS) is 13.9. The minimum absolute atomic E-state index is 0.151. The van der Waals surface area contributed by atoms with Crippen molar-refractivity contribution in [1.29, 1.82) is 0 Å². The number of nitrogens with one attached hydrogen (secondary N) is 1. The van der Waals surface area contributed by atoms with Gasteiger partial charge in [0.2, 0.25) is 10.0 Å². The molecule has 3 nitrogen and oxygen atoms in total. The number of hydrogen-bond acceptors (Lipinski definition) is 4. The molecule has 92 valence electrons. The Kier molecular flexibility index (Phi) is 5.82. The Morgan fingerprint density at radius 3 is 2.88 bits per heavy atom. The maximum absolute atomic E-state index is 11.2. The van der Waals surface area contributed by atoms with Crippen molar-refractivity contribution in [3.8, 4) is 0 Å². The number of thioether (sulfide) groups is 1. The summed E-state index contributed by atoms with van der Waals surface area (Å²) >= 11 is 3.51. The summed E-state index contributed by atoms with van der Waals surface area (Å²) in [5.74, 6) is 0.955. The molecule has 0 fully saturated rings. The quantitative estimate of drug-likeness (QED) is 0.780. The van der Waals surface area contributed by atoms with Gasteiger partial charge in [-0.1, -0.05) is 6.07 Å². The summed E-state index contributed by atoms with van der Waals surface area (Å²) in [5, 5.41) is 2.50. The Morgan fingerprint density at radius 2 is 2.31 bits per heavy atom. The van der Waals surface area contributed by atoms with Crippen molar-refractivity contribution < 1.29 is 8.42 Å². The molecular weight excluding hydrogens is 262 g/mol. The zero-order valence-electron chi connectivity index (χ0n) is 9.47. The van der Waals surface area contributed by atoms with E-state index in [1.165, 1.54) is 4.88 Å². The van der Waals surface area contributed by atoms with Crippen molar-refractivity contribution in [2.45, 2.75) is 19.1 Å². The van der Waals surface area contributed by atoms with Crippen molar-refractivity contribution in [2.24, 2.45) is 0 Å². The number of hydrogen-bond donors (Lipinski definition) is 1. The summed E-state index contributed by atoms with van der Waals surface area (Å²) in [7, 11) is -3.03. The van der Waals surface area contributed by atoms with E-state index in [1.54, 1.807) is 30.0 Å². The first-order chi connectivity index (χ1) is 7.55. The van der Waals surface area contributed by atoms with Gasteiger partial charge in [0.15, 0.2) is 0 Å². The molecular formula is C10H17NO2S3. The fourth-order valence-electron chi connectivity index (χ4n) is 1.14. The predicted octanol–water partition coefficient (Wildman–Crippen LogP) is 2.48. The van der Waals surface area contributed by atoms with Gasteiger partial charge in [-0.2, -0.15) is 11.8 Å². The van der Waals surface area contributed by atoms with Crippen molar-refractivity contribution in [1.82, 2.24) is 4.72 Å². The molecule has 0 spiro atoms. The van der Waals surface area contributed by atoms with Gasteiger partial charge in [0.05, 0.1) is 5.75 Å². The molecule has 0 radical (unpaired) electrons.